The summed E-state index contributed by atoms with van der Waals surface area (Å²) >= 11 is 0. The van der Waals surface area contributed by atoms with Crippen LogP contribution in [0.2, 0.25) is 0 Å². The quantitative estimate of drug-likeness (QED) is 0.793. The molecule has 7 nitrogen and oxygen atoms in total. The predicted octanol–water partition coefficient (Wildman–Crippen LogP) is 0.793. The average molecular weight is 268 g/mol. The van der Waals surface area contributed by atoms with Gasteiger partial charge < -0.3 is 0 Å². The van der Waals surface area contributed by atoms with Crippen molar-refractivity contribution in [2.45, 2.75) is 24.2 Å². The van der Waals surface area contributed by atoms with Crippen molar-refractivity contribution in [1.29, 1.82) is 0 Å². The Morgan fingerprint density at radius 1 is 1.33 bits per heavy atom. The van der Waals surface area contributed by atoms with Crippen molar-refractivity contribution in [2.24, 2.45) is 0 Å². The highest BCUT2D eigenvalue weighted by molar-refractivity contribution is 7.85. The molecule has 0 aliphatic heterocycles. The Kier molecular flexibility index (Phi) is 3.39. The van der Waals surface area contributed by atoms with E-state index in [0.29, 0.717) is 12.2 Å². The summed E-state index contributed by atoms with van der Waals surface area (Å²) in [6, 6.07) is 6.04. The van der Waals surface area contributed by atoms with Crippen molar-refractivity contribution >= 4 is 10.1 Å². The lowest BCUT2D eigenvalue weighted by atomic mass is 10.0. The lowest BCUT2D eigenvalue weighted by Gasteiger charge is -2.07. The van der Waals surface area contributed by atoms with E-state index in [1.165, 1.54) is 12.1 Å². The number of rotatable bonds is 4. The maximum atomic E-state index is 10.9. The third-order valence-corrected chi connectivity index (χ3v) is 3.43. The molecule has 1 aromatic carbocycles. The largest absolute Gasteiger partial charge is 0.294 e. The van der Waals surface area contributed by atoms with Crippen LogP contribution in [0.15, 0.2) is 29.2 Å². The molecular formula is C10H12N4O3S. The zero-order valence-electron chi connectivity index (χ0n) is 9.61. The minimum Gasteiger partial charge on any atom is -0.282 e. The number of aromatic amines is 1. The summed E-state index contributed by atoms with van der Waals surface area (Å²) in [6.07, 6.45) is 0.658. The minimum atomic E-state index is -4.13. The van der Waals surface area contributed by atoms with E-state index in [4.69, 9.17) is 4.55 Å². The molecule has 0 aliphatic rings. The van der Waals surface area contributed by atoms with Gasteiger partial charge in [-0.1, -0.05) is 24.3 Å². The zero-order chi connectivity index (χ0) is 13.2. The van der Waals surface area contributed by atoms with E-state index < -0.39 is 10.1 Å². The van der Waals surface area contributed by atoms with Crippen molar-refractivity contribution in [1.82, 2.24) is 20.6 Å². The fraction of sp³-hybridized carbons (Fsp3) is 0.300. The van der Waals surface area contributed by atoms with Crippen LogP contribution in [0.3, 0.4) is 0 Å². The SMILES string of the molecule is CC(Cc1ccc(S(=O)(=O)O)cc1)c1nn[nH]n1. The zero-order valence-corrected chi connectivity index (χ0v) is 10.4. The summed E-state index contributed by atoms with van der Waals surface area (Å²) in [4.78, 5) is -0.113. The summed E-state index contributed by atoms with van der Waals surface area (Å²) in [5.41, 5.74) is 0.930. The first kappa shape index (κ1) is 12.7. The topological polar surface area (TPSA) is 109 Å². The van der Waals surface area contributed by atoms with Crippen molar-refractivity contribution in [3.63, 3.8) is 0 Å². The van der Waals surface area contributed by atoms with Gasteiger partial charge in [-0.15, -0.1) is 10.2 Å². The molecule has 0 bridgehead atoms. The molecule has 0 saturated heterocycles. The van der Waals surface area contributed by atoms with Crippen molar-refractivity contribution < 1.29 is 13.0 Å². The number of aromatic nitrogens is 4. The van der Waals surface area contributed by atoms with Gasteiger partial charge in [-0.05, 0) is 24.1 Å². The van der Waals surface area contributed by atoms with Gasteiger partial charge in [-0.3, -0.25) is 4.55 Å². The third-order valence-electron chi connectivity index (χ3n) is 2.57. The highest BCUT2D eigenvalue weighted by atomic mass is 32.2. The lowest BCUT2D eigenvalue weighted by molar-refractivity contribution is 0.483. The van der Waals surface area contributed by atoms with Gasteiger partial charge >= 0.3 is 0 Å². The van der Waals surface area contributed by atoms with Gasteiger partial charge in [0.05, 0.1) is 4.90 Å². The summed E-state index contributed by atoms with van der Waals surface area (Å²) in [7, 11) is -4.13. The molecule has 0 spiro atoms. The maximum absolute atomic E-state index is 10.9. The molecule has 2 aromatic rings. The second-order valence-electron chi connectivity index (χ2n) is 3.99. The Balaban J connectivity index is 2.12. The van der Waals surface area contributed by atoms with Gasteiger partial charge in [0.25, 0.3) is 10.1 Å². The molecule has 0 saturated carbocycles. The molecule has 8 heteroatoms. The fourth-order valence-corrected chi connectivity index (χ4v) is 2.10. The highest BCUT2D eigenvalue weighted by Gasteiger charge is 2.13. The molecule has 1 heterocycles. The number of hydrogen-bond acceptors (Lipinski definition) is 5. The summed E-state index contributed by atoms with van der Waals surface area (Å²) in [5, 5.41) is 13.6. The first-order valence-electron chi connectivity index (χ1n) is 5.26. The van der Waals surface area contributed by atoms with Crippen LogP contribution in [0.5, 0.6) is 0 Å². The number of tetrazole rings is 1. The maximum Gasteiger partial charge on any atom is 0.294 e. The third kappa shape index (κ3) is 2.90. The standard InChI is InChI=1S/C10H12N4O3S/c1-7(10-11-13-14-12-10)6-8-2-4-9(5-3-8)18(15,16)17/h2-5,7H,6H2,1H3,(H,15,16,17)(H,11,12,13,14). The van der Waals surface area contributed by atoms with E-state index in [0.717, 1.165) is 5.56 Å². The molecule has 18 heavy (non-hydrogen) atoms. The lowest BCUT2D eigenvalue weighted by Crippen LogP contribution is -2.02. The molecule has 0 fully saturated rings. The van der Waals surface area contributed by atoms with Crippen molar-refractivity contribution in [3.8, 4) is 0 Å². The van der Waals surface area contributed by atoms with Crippen LogP contribution < -0.4 is 0 Å². The Hall–Kier alpha value is -1.80. The summed E-state index contributed by atoms with van der Waals surface area (Å²) in [6.45, 7) is 1.95. The highest BCUT2D eigenvalue weighted by Crippen LogP contribution is 2.17. The average Bonchev–Trinajstić information content (AvgIpc) is 2.82. The van der Waals surface area contributed by atoms with E-state index in [-0.39, 0.29) is 10.8 Å². The first-order valence-corrected chi connectivity index (χ1v) is 6.70. The molecule has 1 unspecified atom stereocenters. The second-order valence-corrected chi connectivity index (χ2v) is 5.42. The van der Waals surface area contributed by atoms with Crippen LogP contribution in [0.25, 0.3) is 0 Å². The van der Waals surface area contributed by atoms with E-state index >= 15 is 0 Å². The van der Waals surface area contributed by atoms with Gasteiger partial charge in [0.15, 0.2) is 5.82 Å². The van der Waals surface area contributed by atoms with Crippen LogP contribution in [0, 0.1) is 0 Å². The molecule has 0 amide bonds. The summed E-state index contributed by atoms with van der Waals surface area (Å²) in [5.74, 6) is 0.675. The molecule has 0 radical (unpaired) electrons. The number of nitrogens with zero attached hydrogens (tertiary/aromatic N) is 3. The van der Waals surface area contributed by atoms with E-state index in [2.05, 4.69) is 20.6 Å². The van der Waals surface area contributed by atoms with Crippen molar-refractivity contribution in [3.05, 3.63) is 35.7 Å². The van der Waals surface area contributed by atoms with Gasteiger partial charge in [0.2, 0.25) is 0 Å². The van der Waals surface area contributed by atoms with Crippen LogP contribution in [-0.2, 0) is 16.5 Å². The van der Waals surface area contributed by atoms with Gasteiger partial charge in [0.1, 0.15) is 0 Å². The minimum absolute atomic E-state index is 0.0698. The summed E-state index contributed by atoms with van der Waals surface area (Å²) < 4.78 is 30.6. The number of H-pyrrole nitrogens is 1. The molecule has 0 aliphatic carbocycles. The molecular weight excluding hydrogens is 256 g/mol. The van der Waals surface area contributed by atoms with Crippen molar-refractivity contribution in [2.75, 3.05) is 0 Å². The van der Waals surface area contributed by atoms with Gasteiger partial charge in [-0.2, -0.15) is 13.6 Å². The second kappa shape index (κ2) is 4.83. The Bertz CT molecular complexity index is 607. The monoisotopic (exact) mass is 268 g/mol. The number of nitrogens with one attached hydrogen (secondary N) is 1. The fourth-order valence-electron chi connectivity index (χ4n) is 1.62. The normalized spacial score (nSPS) is 13.4. The van der Waals surface area contributed by atoms with E-state index in [1.807, 2.05) is 6.92 Å². The number of hydrogen-bond donors (Lipinski definition) is 2. The Morgan fingerprint density at radius 2 is 2.00 bits per heavy atom. The molecule has 2 rings (SSSR count). The van der Waals surface area contributed by atoms with E-state index in [9.17, 15) is 8.42 Å². The Morgan fingerprint density at radius 3 is 2.50 bits per heavy atom. The molecule has 96 valence electrons. The van der Waals surface area contributed by atoms with E-state index in [1.54, 1.807) is 12.1 Å². The Labute approximate surface area is 104 Å². The van der Waals surface area contributed by atoms with Crippen LogP contribution in [0.4, 0.5) is 0 Å². The smallest absolute Gasteiger partial charge is 0.282 e. The molecule has 1 atom stereocenters. The molecule has 2 N–H and O–H groups in total. The first-order chi connectivity index (χ1) is 8.47. The van der Waals surface area contributed by atoms with Crippen LogP contribution in [-0.4, -0.2) is 33.6 Å². The van der Waals surface area contributed by atoms with Crippen LogP contribution in [0.1, 0.15) is 24.2 Å². The van der Waals surface area contributed by atoms with Gasteiger partial charge in [-0.25, -0.2) is 0 Å². The van der Waals surface area contributed by atoms with Crippen LogP contribution >= 0.6 is 0 Å². The predicted molar refractivity (Wildman–Crippen MR) is 62.6 cm³/mol. The number of benzene rings is 1. The molecule has 1 aromatic heterocycles. The van der Waals surface area contributed by atoms with Gasteiger partial charge in [0, 0.05) is 5.92 Å².